The van der Waals surface area contributed by atoms with Crippen molar-refractivity contribution in [2.24, 2.45) is 0 Å². The quantitative estimate of drug-likeness (QED) is 0.740. The Hall–Kier alpha value is -0.380. The summed E-state index contributed by atoms with van der Waals surface area (Å²) in [6.07, 6.45) is 7.96. The summed E-state index contributed by atoms with van der Waals surface area (Å²) in [5.41, 5.74) is 0. The number of nitrogens with one attached hydrogen (secondary N) is 2. The first-order valence-corrected chi connectivity index (χ1v) is 8.22. The number of hydrogen-bond donors (Lipinski definition) is 2. The molecule has 1 unspecified atom stereocenters. The molecule has 2 heterocycles. The van der Waals surface area contributed by atoms with Crippen molar-refractivity contribution in [1.82, 2.24) is 10.6 Å². The molecule has 0 amide bonds. The van der Waals surface area contributed by atoms with E-state index in [1.54, 1.807) is 0 Å². The third-order valence-electron chi connectivity index (χ3n) is 3.68. The van der Waals surface area contributed by atoms with Crippen LogP contribution < -0.4 is 10.6 Å². The highest BCUT2D eigenvalue weighted by atomic mass is 32.1. The molecule has 0 saturated carbocycles. The molecule has 0 radical (unpaired) electrons. The summed E-state index contributed by atoms with van der Waals surface area (Å²) in [6, 6.07) is 5.31. The van der Waals surface area contributed by atoms with Gasteiger partial charge in [-0.15, -0.1) is 11.3 Å². The van der Waals surface area contributed by atoms with Gasteiger partial charge in [0, 0.05) is 22.3 Å². The Labute approximate surface area is 115 Å². The third-order valence-corrected chi connectivity index (χ3v) is 4.91. The molecule has 1 atom stereocenters. The van der Waals surface area contributed by atoms with Crippen LogP contribution in [0.4, 0.5) is 0 Å². The molecule has 1 aromatic heterocycles. The van der Waals surface area contributed by atoms with Crippen LogP contribution in [0.2, 0.25) is 0 Å². The molecule has 2 nitrogen and oxygen atoms in total. The number of hydrogen-bond acceptors (Lipinski definition) is 3. The monoisotopic (exact) mass is 266 g/mol. The number of rotatable bonds is 7. The normalized spacial score (nSPS) is 20.2. The SMILES string of the molecule is CCc1ccc(CNCCCC2CCCCN2)s1. The van der Waals surface area contributed by atoms with Crippen LogP contribution in [0, 0.1) is 0 Å². The van der Waals surface area contributed by atoms with Crippen LogP contribution in [0.1, 0.15) is 48.8 Å². The van der Waals surface area contributed by atoms with Gasteiger partial charge in [0.05, 0.1) is 0 Å². The van der Waals surface area contributed by atoms with E-state index in [2.05, 4.69) is 29.7 Å². The zero-order valence-corrected chi connectivity index (χ0v) is 12.3. The van der Waals surface area contributed by atoms with Gasteiger partial charge in [0.25, 0.3) is 0 Å². The fourth-order valence-electron chi connectivity index (χ4n) is 2.56. The van der Waals surface area contributed by atoms with Gasteiger partial charge in [-0.25, -0.2) is 0 Å². The molecular weight excluding hydrogens is 240 g/mol. The molecule has 1 aliphatic heterocycles. The van der Waals surface area contributed by atoms with E-state index in [-0.39, 0.29) is 0 Å². The lowest BCUT2D eigenvalue weighted by Crippen LogP contribution is -2.34. The largest absolute Gasteiger partial charge is 0.314 e. The molecule has 2 N–H and O–H groups in total. The maximum absolute atomic E-state index is 3.61. The molecule has 0 bridgehead atoms. The molecule has 0 aromatic carbocycles. The Bertz CT molecular complexity index is 329. The molecule has 3 heteroatoms. The van der Waals surface area contributed by atoms with Crippen molar-refractivity contribution in [2.45, 2.75) is 58.0 Å². The fraction of sp³-hybridized carbons (Fsp3) is 0.733. The van der Waals surface area contributed by atoms with Crippen LogP contribution in [-0.4, -0.2) is 19.1 Å². The minimum absolute atomic E-state index is 0.786. The first-order chi connectivity index (χ1) is 8.88. The topological polar surface area (TPSA) is 24.1 Å². The zero-order chi connectivity index (χ0) is 12.6. The van der Waals surface area contributed by atoms with Crippen LogP contribution in [0.3, 0.4) is 0 Å². The standard InChI is InChI=1S/C15H26N2S/c1-2-14-8-9-15(18-14)12-16-10-5-7-13-6-3-4-11-17-13/h8-9,13,16-17H,2-7,10-12H2,1H3. The highest BCUT2D eigenvalue weighted by Gasteiger charge is 2.11. The summed E-state index contributed by atoms with van der Waals surface area (Å²) < 4.78 is 0. The van der Waals surface area contributed by atoms with Gasteiger partial charge in [0.15, 0.2) is 0 Å². The maximum atomic E-state index is 3.61. The van der Waals surface area contributed by atoms with E-state index >= 15 is 0 Å². The van der Waals surface area contributed by atoms with Crippen LogP contribution in [0.5, 0.6) is 0 Å². The smallest absolute Gasteiger partial charge is 0.0299 e. The Morgan fingerprint density at radius 1 is 1.33 bits per heavy atom. The molecule has 102 valence electrons. The molecular formula is C15H26N2S. The van der Waals surface area contributed by atoms with Crippen LogP contribution in [0.15, 0.2) is 12.1 Å². The van der Waals surface area contributed by atoms with E-state index < -0.39 is 0 Å². The molecule has 2 rings (SSSR count). The summed E-state index contributed by atoms with van der Waals surface area (Å²) >= 11 is 1.94. The van der Waals surface area contributed by atoms with Crippen molar-refractivity contribution in [2.75, 3.05) is 13.1 Å². The molecule has 18 heavy (non-hydrogen) atoms. The van der Waals surface area contributed by atoms with Gasteiger partial charge in [-0.05, 0) is 57.3 Å². The first-order valence-electron chi connectivity index (χ1n) is 7.40. The van der Waals surface area contributed by atoms with Crippen molar-refractivity contribution in [1.29, 1.82) is 0 Å². The van der Waals surface area contributed by atoms with Gasteiger partial charge in [0.1, 0.15) is 0 Å². The average molecular weight is 266 g/mol. The highest BCUT2D eigenvalue weighted by Crippen LogP contribution is 2.16. The van der Waals surface area contributed by atoms with Gasteiger partial charge in [0.2, 0.25) is 0 Å². The fourth-order valence-corrected chi connectivity index (χ4v) is 3.49. The summed E-state index contributed by atoms with van der Waals surface area (Å²) in [5.74, 6) is 0. The lowest BCUT2D eigenvalue weighted by molar-refractivity contribution is 0.373. The Kier molecular flexibility index (Phi) is 6.18. The van der Waals surface area contributed by atoms with Gasteiger partial charge >= 0.3 is 0 Å². The first kappa shape index (κ1) is 14.0. The molecule has 0 spiro atoms. The van der Waals surface area contributed by atoms with Crippen molar-refractivity contribution in [3.8, 4) is 0 Å². The van der Waals surface area contributed by atoms with Gasteiger partial charge in [-0.1, -0.05) is 13.3 Å². The van der Waals surface area contributed by atoms with E-state index in [9.17, 15) is 0 Å². The lowest BCUT2D eigenvalue weighted by atomic mass is 10.0. The second-order valence-corrected chi connectivity index (χ2v) is 6.44. The Morgan fingerprint density at radius 3 is 2.94 bits per heavy atom. The number of aryl methyl sites for hydroxylation is 1. The molecule has 0 aliphatic carbocycles. The Balaban J connectivity index is 1.52. The van der Waals surface area contributed by atoms with E-state index in [1.807, 2.05) is 11.3 Å². The maximum Gasteiger partial charge on any atom is 0.0299 e. The third kappa shape index (κ3) is 4.71. The highest BCUT2D eigenvalue weighted by molar-refractivity contribution is 7.11. The predicted octanol–water partition coefficient (Wildman–Crippen LogP) is 3.32. The second-order valence-electron chi connectivity index (χ2n) is 5.19. The van der Waals surface area contributed by atoms with Crippen molar-refractivity contribution in [3.05, 3.63) is 21.9 Å². The lowest BCUT2D eigenvalue weighted by Gasteiger charge is -2.23. The molecule has 1 fully saturated rings. The molecule has 1 aliphatic rings. The van der Waals surface area contributed by atoms with Crippen molar-refractivity contribution < 1.29 is 0 Å². The second kappa shape index (κ2) is 7.93. The number of thiophene rings is 1. The van der Waals surface area contributed by atoms with E-state index in [0.717, 1.165) is 25.6 Å². The zero-order valence-electron chi connectivity index (χ0n) is 11.5. The Morgan fingerprint density at radius 2 is 2.22 bits per heavy atom. The van der Waals surface area contributed by atoms with Gasteiger partial charge in [-0.2, -0.15) is 0 Å². The van der Waals surface area contributed by atoms with E-state index in [4.69, 9.17) is 0 Å². The van der Waals surface area contributed by atoms with Crippen molar-refractivity contribution >= 4 is 11.3 Å². The van der Waals surface area contributed by atoms with Crippen LogP contribution in [0.25, 0.3) is 0 Å². The van der Waals surface area contributed by atoms with Gasteiger partial charge < -0.3 is 10.6 Å². The summed E-state index contributed by atoms with van der Waals surface area (Å²) in [7, 11) is 0. The van der Waals surface area contributed by atoms with E-state index in [1.165, 1.54) is 48.4 Å². The molecule has 1 aromatic rings. The summed E-state index contributed by atoms with van der Waals surface area (Å²) in [5, 5.41) is 7.17. The summed E-state index contributed by atoms with van der Waals surface area (Å²) in [6.45, 7) is 5.65. The van der Waals surface area contributed by atoms with Crippen molar-refractivity contribution in [3.63, 3.8) is 0 Å². The minimum atomic E-state index is 0.786. The minimum Gasteiger partial charge on any atom is -0.314 e. The van der Waals surface area contributed by atoms with E-state index in [0.29, 0.717) is 0 Å². The number of piperidine rings is 1. The van der Waals surface area contributed by atoms with Crippen LogP contribution in [-0.2, 0) is 13.0 Å². The predicted molar refractivity (Wildman–Crippen MR) is 80.3 cm³/mol. The van der Waals surface area contributed by atoms with Gasteiger partial charge in [-0.3, -0.25) is 0 Å². The molecule has 1 saturated heterocycles. The average Bonchev–Trinajstić information content (AvgIpc) is 2.87. The summed E-state index contributed by atoms with van der Waals surface area (Å²) in [4.78, 5) is 2.97. The van der Waals surface area contributed by atoms with Crippen LogP contribution >= 0.6 is 11.3 Å².